The first-order chi connectivity index (χ1) is 38.4. The van der Waals surface area contributed by atoms with Crippen molar-refractivity contribution in [3.8, 4) is 27.9 Å². The number of fused-ring (bicyclic) bond motifs is 3. The van der Waals surface area contributed by atoms with Crippen molar-refractivity contribution in [2.24, 2.45) is 0 Å². The second kappa shape index (κ2) is 16.9. The summed E-state index contributed by atoms with van der Waals surface area (Å²) in [5.74, 6) is 0. The topological polar surface area (TPSA) is 14.2 Å². The van der Waals surface area contributed by atoms with Crippen LogP contribution in [0.15, 0.2) is 273 Å². The van der Waals surface area contributed by atoms with Gasteiger partial charge in [0.05, 0.1) is 38.7 Å². The molecule has 4 heteroatoms. The number of hydrogen-bond acceptors (Lipinski definition) is 1. The van der Waals surface area contributed by atoms with Gasteiger partial charge >= 0.3 is 0 Å². The van der Waals surface area contributed by atoms with Crippen molar-refractivity contribution >= 4 is 69.6 Å². The molecule has 1 heterocycles. The molecule has 0 amide bonds. The summed E-state index contributed by atoms with van der Waals surface area (Å²) in [7, 11) is -7.72. The van der Waals surface area contributed by atoms with Crippen LogP contribution in [0.5, 0.6) is 0 Å². The molecule has 0 radical (unpaired) electrons. The van der Waals surface area contributed by atoms with Gasteiger partial charge in [0, 0.05) is 16.3 Å². The highest BCUT2D eigenvalue weighted by molar-refractivity contribution is 7.18. The Morgan fingerprint density at radius 1 is 0.328 bits per heavy atom. The van der Waals surface area contributed by atoms with Crippen LogP contribution in [0.2, 0.25) is 0 Å². The molecule has 0 aliphatic heterocycles. The van der Waals surface area contributed by atoms with Crippen LogP contribution in [0, 0.1) is 0 Å². The van der Waals surface area contributed by atoms with Crippen LogP contribution < -0.4 is 31.1 Å². The van der Waals surface area contributed by atoms with Crippen LogP contribution in [-0.2, 0) is 4.12 Å². The van der Waals surface area contributed by atoms with E-state index in [4.69, 9.17) is 15.1 Å². The van der Waals surface area contributed by atoms with Crippen LogP contribution in [0.3, 0.4) is 0 Å². The Hall–Kier alpha value is -7.61. The molecule has 64 heavy (non-hydrogen) atoms. The molecule has 0 aliphatic rings. The van der Waals surface area contributed by atoms with Crippen molar-refractivity contribution in [1.82, 2.24) is 4.57 Å². The van der Waals surface area contributed by atoms with Crippen molar-refractivity contribution in [1.29, 1.82) is 0 Å². The predicted molar refractivity (Wildman–Crippen MR) is 274 cm³/mol. The van der Waals surface area contributed by atoms with Crippen molar-refractivity contribution in [2.75, 3.05) is 0 Å². The summed E-state index contributed by atoms with van der Waals surface area (Å²) in [4.78, 5) is 0. The molecule has 2 nitrogen and oxygen atoms in total. The van der Waals surface area contributed by atoms with E-state index < -0.39 is 141 Å². The largest absolute Gasteiger partial charge is 0.435 e. The van der Waals surface area contributed by atoms with Crippen LogP contribution in [0.4, 0.5) is 0 Å². The molecule has 0 N–H and O–H groups in total. The lowest BCUT2D eigenvalue weighted by molar-refractivity contribution is 0.600. The predicted octanol–water partition coefficient (Wildman–Crippen LogP) is 10.8. The fourth-order valence-corrected chi connectivity index (χ4v) is 19.5. The maximum absolute atomic E-state index is 9.85. The van der Waals surface area contributed by atoms with E-state index in [1.807, 2.05) is 127 Å². The third-order valence-corrected chi connectivity index (χ3v) is 20.9. The van der Waals surface area contributed by atoms with Crippen LogP contribution >= 0.6 is 0 Å². The van der Waals surface area contributed by atoms with Gasteiger partial charge in [-0.05, 0) is 65.9 Å². The van der Waals surface area contributed by atoms with Gasteiger partial charge in [-0.3, -0.25) is 0 Å². The number of para-hydroxylation sites is 3. The minimum atomic E-state index is -4.02. The number of rotatable bonds is 11. The Morgan fingerprint density at radius 3 is 1.16 bits per heavy atom. The summed E-state index contributed by atoms with van der Waals surface area (Å²) in [5, 5.41) is 4.42. The second-order valence-electron chi connectivity index (χ2n) is 15.1. The fraction of sp³-hybridized carbons (Fsp3) is 0. The fourth-order valence-electron chi connectivity index (χ4n) is 8.86. The third-order valence-electron chi connectivity index (χ3n) is 11.6. The molecular formula is C60H45NOSi2. The Bertz CT molecular complexity index is 4070. The van der Waals surface area contributed by atoms with E-state index in [1.165, 1.54) is 0 Å². The zero-order chi connectivity index (χ0) is 56.7. The Kier molecular flexibility index (Phi) is 6.74. The van der Waals surface area contributed by atoms with E-state index in [0.29, 0.717) is 5.19 Å². The van der Waals surface area contributed by atoms with Crippen LogP contribution in [-0.4, -0.2) is 21.2 Å². The maximum Gasteiger partial charge on any atom is 0.278 e. The monoisotopic (exact) mass is 867 g/mol. The molecule has 11 rings (SSSR count). The van der Waals surface area contributed by atoms with E-state index in [1.54, 1.807) is 12.1 Å². The van der Waals surface area contributed by atoms with Gasteiger partial charge in [0.2, 0.25) is 0 Å². The van der Waals surface area contributed by atoms with Gasteiger partial charge < -0.3 is 8.68 Å². The van der Waals surface area contributed by atoms with E-state index in [9.17, 15) is 11.0 Å². The first-order valence-electron chi connectivity index (χ1n) is 28.7. The summed E-state index contributed by atoms with van der Waals surface area (Å²) in [5.41, 5.74) is -2.44. The highest BCUT2D eigenvalue weighted by atomic mass is 28.4. The molecular weight excluding hydrogens is 807 g/mol. The summed E-state index contributed by atoms with van der Waals surface area (Å²) < 4.78 is 157. The molecule has 11 aromatic rings. The SMILES string of the molecule is [2H]c1c([2H])c([2H])c(-c2c([2H])c([2H])c([2H])c([2H])c2-n2c3c([2H])c([2H])c([2H])c([2H])c3c3c([2H])c([2H])c([2H])c([2H])c32)c(-c2cccc([Si](O[Si](c3ccccc3)(c3ccccc3)c3ccccc3)(c3ccccc3)c3ccccc3)c2)c1[2H]. The maximum atomic E-state index is 9.85. The molecule has 0 bridgehead atoms. The van der Waals surface area contributed by atoms with E-state index in [-0.39, 0.29) is 21.9 Å². The lowest BCUT2D eigenvalue weighted by Gasteiger charge is -2.44. The first kappa shape index (κ1) is 25.5. The normalized spacial score (nSPS) is 15.3. The molecule has 0 saturated carbocycles. The smallest absolute Gasteiger partial charge is 0.278 e. The number of hydrogen-bond donors (Lipinski definition) is 0. The quantitative estimate of drug-likeness (QED) is 0.0933. The molecule has 0 saturated heterocycles. The van der Waals surface area contributed by atoms with Crippen molar-refractivity contribution in [3.63, 3.8) is 0 Å². The minimum Gasteiger partial charge on any atom is -0.435 e. The summed E-state index contributed by atoms with van der Waals surface area (Å²) >= 11 is 0. The van der Waals surface area contributed by atoms with Gasteiger partial charge in [0.25, 0.3) is 16.6 Å². The van der Waals surface area contributed by atoms with Gasteiger partial charge in [0.1, 0.15) is 0 Å². The number of aromatic nitrogens is 1. The van der Waals surface area contributed by atoms with Gasteiger partial charge in [0.15, 0.2) is 0 Å². The van der Waals surface area contributed by atoms with Gasteiger partial charge in [-0.1, -0.05) is 254 Å². The average molecular weight is 868 g/mol. The average Bonchev–Trinajstić information content (AvgIpc) is 3.93. The highest BCUT2D eigenvalue weighted by Gasteiger charge is 2.53. The zero-order valence-corrected chi connectivity index (χ0v) is 36.1. The molecule has 304 valence electrons. The zero-order valence-electron chi connectivity index (χ0n) is 50.1. The number of benzene rings is 10. The van der Waals surface area contributed by atoms with Crippen molar-refractivity contribution in [3.05, 3.63) is 273 Å². The highest BCUT2D eigenvalue weighted by Crippen LogP contribution is 2.39. The molecule has 0 atom stereocenters. The lowest BCUT2D eigenvalue weighted by Crippen LogP contribution is -2.81. The molecule has 0 aliphatic carbocycles. The van der Waals surface area contributed by atoms with E-state index in [2.05, 4.69) is 36.4 Å². The summed E-state index contributed by atoms with van der Waals surface area (Å²) in [6.45, 7) is 0. The van der Waals surface area contributed by atoms with Crippen molar-refractivity contribution < 1.29 is 26.0 Å². The molecule has 10 aromatic carbocycles. The molecule has 0 spiro atoms. The molecule has 0 unspecified atom stereocenters. The van der Waals surface area contributed by atoms with E-state index in [0.717, 1.165) is 30.5 Å². The minimum absolute atomic E-state index is 0.188. The Balaban J connectivity index is 1.30. The van der Waals surface area contributed by atoms with Crippen LogP contribution in [0.1, 0.15) is 21.9 Å². The lowest BCUT2D eigenvalue weighted by atomic mass is 9.93. The third kappa shape index (κ3) is 6.68. The number of nitrogens with zero attached hydrogens (tertiary/aromatic N) is 1. The summed E-state index contributed by atoms with van der Waals surface area (Å²) in [6, 6.07) is 45.2. The summed E-state index contributed by atoms with van der Waals surface area (Å²) in [6.07, 6.45) is 0. The second-order valence-corrected chi connectivity index (χ2v) is 22.1. The van der Waals surface area contributed by atoms with Gasteiger partial charge in [-0.2, -0.15) is 0 Å². The first-order valence-corrected chi connectivity index (χ1v) is 24.5. The molecule has 1 aromatic heterocycles. The Labute approximate surface area is 399 Å². The molecule has 0 fully saturated rings. The van der Waals surface area contributed by atoms with Gasteiger partial charge in [-0.15, -0.1) is 0 Å². The van der Waals surface area contributed by atoms with Crippen molar-refractivity contribution in [2.45, 2.75) is 0 Å². The van der Waals surface area contributed by atoms with Gasteiger partial charge in [-0.25, -0.2) is 0 Å². The van der Waals surface area contributed by atoms with Crippen LogP contribution in [0.25, 0.3) is 49.7 Å². The van der Waals surface area contributed by atoms with E-state index >= 15 is 0 Å². The Morgan fingerprint density at radius 2 is 0.688 bits per heavy atom. The standard InChI is InChI=1S/C60H45NOSi2/c1-6-26-47(27-7-1)63(48-28-8-2-9-29-48,49-30-10-3-11-31-49)62-64(50-32-12-4-13-33-50,51-34-14-5-15-35-51)52-36-24-25-46(45-52)53-37-16-17-38-54(53)55-39-18-21-42-58(55)61-59-43-22-19-40-56(59)57-41-20-23-44-60(57)61/h1-45H/i16D,17D,18D,19D,20D,21D,22D,23D,37D,38D,39D,40D,41D,42D,43D,44D.